The van der Waals surface area contributed by atoms with Crippen molar-refractivity contribution < 1.29 is 8.42 Å². The molecule has 6 heteroatoms. The summed E-state index contributed by atoms with van der Waals surface area (Å²) >= 11 is 0. The zero-order valence-corrected chi connectivity index (χ0v) is 9.39. The highest BCUT2D eigenvalue weighted by Gasteiger charge is 2.26. The predicted molar refractivity (Wildman–Crippen MR) is 56.0 cm³/mol. The summed E-state index contributed by atoms with van der Waals surface area (Å²) in [6, 6.07) is -0.0121. The quantitative estimate of drug-likeness (QED) is 0.681. The van der Waals surface area contributed by atoms with Crippen molar-refractivity contribution in [2.75, 3.05) is 19.6 Å². The molecule has 3 N–H and O–H groups in total. The van der Waals surface area contributed by atoms with Gasteiger partial charge in [-0.2, -0.15) is 12.7 Å². The first-order chi connectivity index (χ1) is 6.56. The Bertz CT molecular complexity index is 266. The Kier molecular flexibility index (Phi) is 4.31. The standard InChI is InChI=1S/C8H19N3O2S/c1-2-5-10-14(12,13)11-6-3-4-8(9)7-11/h8,10H,2-7,9H2,1H3/t8-/m1/s1. The molecule has 0 aliphatic carbocycles. The molecule has 5 nitrogen and oxygen atoms in total. The van der Waals surface area contributed by atoms with Crippen LogP contribution in [-0.4, -0.2) is 38.4 Å². The molecule has 0 radical (unpaired) electrons. The van der Waals surface area contributed by atoms with Gasteiger partial charge in [0.05, 0.1) is 0 Å². The molecule has 1 saturated heterocycles. The Morgan fingerprint density at radius 1 is 1.57 bits per heavy atom. The molecular formula is C8H19N3O2S. The van der Waals surface area contributed by atoms with Crippen LogP contribution in [0, 0.1) is 0 Å². The van der Waals surface area contributed by atoms with Crippen molar-refractivity contribution in [3.63, 3.8) is 0 Å². The minimum Gasteiger partial charge on any atom is -0.327 e. The van der Waals surface area contributed by atoms with E-state index >= 15 is 0 Å². The van der Waals surface area contributed by atoms with Gasteiger partial charge in [-0.25, -0.2) is 4.72 Å². The zero-order chi connectivity index (χ0) is 10.6. The Morgan fingerprint density at radius 2 is 2.29 bits per heavy atom. The minimum atomic E-state index is -3.28. The first kappa shape index (κ1) is 11.9. The van der Waals surface area contributed by atoms with E-state index < -0.39 is 10.2 Å². The van der Waals surface area contributed by atoms with Gasteiger partial charge < -0.3 is 5.73 Å². The highest BCUT2D eigenvalue weighted by atomic mass is 32.2. The second-order valence-electron chi connectivity index (χ2n) is 3.66. The van der Waals surface area contributed by atoms with Crippen molar-refractivity contribution in [2.24, 2.45) is 5.73 Å². The largest absolute Gasteiger partial charge is 0.327 e. The fourth-order valence-electron chi connectivity index (χ4n) is 1.51. The summed E-state index contributed by atoms with van der Waals surface area (Å²) < 4.78 is 27.3. The molecule has 0 aromatic carbocycles. The summed E-state index contributed by atoms with van der Waals surface area (Å²) in [5, 5.41) is 0. The van der Waals surface area contributed by atoms with Crippen LogP contribution in [0.15, 0.2) is 0 Å². The van der Waals surface area contributed by atoms with Gasteiger partial charge in [-0.05, 0) is 19.3 Å². The van der Waals surface area contributed by atoms with Gasteiger partial charge in [0.15, 0.2) is 0 Å². The lowest BCUT2D eigenvalue weighted by atomic mass is 10.1. The monoisotopic (exact) mass is 221 g/mol. The molecule has 14 heavy (non-hydrogen) atoms. The van der Waals surface area contributed by atoms with Crippen LogP contribution in [0.1, 0.15) is 26.2 Å². The third kappa shape index (κ3) is 3.20. The first-order valence-electron chi connectivity index (χ1n) is 5.06. The number of nitrogens with two attached hydrogens (primary N) is 1. The molecule has 0 aromatic rings. The van der Waals surface area contributed by atoms with E-state index in [4.69, 9.17) is 5.73 Å². The summed E-state index contributed by atoms with van der Waals surface area (Å²) in [6.45, 7) is 3.46. The van der Waals surface area contributed by atoms with E-state index in [0.29, 0.717) is 19.6 Å². The first-order valence-corrected chi connectivity index (χ1v) is 6.50. The van der Waals surface area contributed by atoms with Crippen LogP contribution in [0.4, 0.5) is 0 Å². The van der Waals surface area contributed by atoms with Gasteiger partial charge in [0.2, 0.25) is 0 Å². The van der Waals surface area contributed by atoms with Gasteiger partial charge in [-0.15, -0.1) is 0 Å². The van der Waals surface area contributed by atoms with Gasteiger partial charge in [-0.3, -0.25) is 0 Å². The van der Waals surface area contributed by atoms with E-state index in [2.05, 4.69) is 4.72 Å². The van der Waals surface area contributed by atoms with Crippen LogP contribution in [0.5, 0.6) is 0 Å². The number of hydrogen-bond donors (Lipinski definition) is 2. The SMILES string of the molecule is CCCNS(=O)(=O)N1CCC[C@@H](N)C1. The van der Waals surface area contributed by atoms with Crippen molar-refractivity contribution >= 4 is 10.2 Å². The van der Waals surface area contributed by atoms with Crippen LogP contribution in [0.2, 0.25) is 0 Å². The van der Waals surface area contributed by atoms with Crippen LogP contribution < -0.4 is 10.5 Å². The second kappa shape index (κ2) is 5.06. The van der Waals surface area contributed by atoms with E-state index in [1.165, 1.54) is 4.31 Å². The molecular weight excluding hydrogens is 202 g/mol. The molecule has 1 rings (SSSR count). The maximum absolute atomic E-state index is 11.6. The minimum absolute atomic E-state index is 0.0121. The maximum Gasteiger partial charge on any atom is 0.279 e. The number of rotatable bonds is 4. The van der Waals surface area contributed by atoms with Gasteiger partial charge >= 0.3 is 0 Å². The molecule has 1 aliphatic heterocycles. The average molecular weight is 221 g/mol. The van der Waals surface area contributed by atoms with Crippen molar-refractivity contribution in [2.45, 2.75) is 32.2 Å². The summed E-state index contributed by atoms with van der Waals surface area (Å²) in [6.07, 6.45) is 2.58. The van der Waals surface area contributed by atoms with E-state index in [0.717, 1.165) is 19.3 Å². The summed E-state index contributed by atoms with van der Waals surface area (Å²) in [4.78, 5) is 0. The maximum atomic E-state index is 11.6. The highest BCUT2D eigenvalue weighted by Crippen LogP contribution is 2.11. The number of nitrogens with one attached hydrogen (secondary N) is 1. The van der Waals surface area contributed by atoms with E-state index in [1.54, 1.807) is 0 Å². The molecule has 1 heterocycles. The Hall–Kier alpha value is -0.170. The number of nitrogens with zero attached hydrogens (tertiary/aromatic N) is 1. The summed E-state index contributed by atoms with van der Waals surface area (Å²) in [5.74, 6) is 0. The smallest absolute Gasteiger partial charge is 0.279 e. The van der Waals surface area contributed by atoms with Gasteiger partial charge in [0.25, 0.3) is 10.2 Å². The lowest BCUT2D eigenvalue weighted by Crippen LogP contribution is -2.49. The third-order valence-electron chi connectivity index (χ3n) is 2.29. The molecule has 1 aliphatic rings. The Balaban J connectivity index is 2.53. The molecule has 0 amide bonds. The van der Waals surface area contributed by atoms with Gasteiger partial charge in [0, 0.05) is 25.7 Å². The zero-order valence-electron chi connectivity index (χ0n) is 8.57. The Morgan fingerprint density at radius 3 is 2.86 bits per heavy atom. The fourth-order valence-corrected chi connectivity index (χ4v) is 2.92. The normalized spacial score (nSPS) is 25.1. The number of hydrogen-bond acceptors (Lipinski definition) is 3. The molecule has 0 spiro atoms. The average Bonchev–Trinajstić information content (AvgIpc) is 2.15. The third-order valence-corrected chi connectivity index (χ3v) is 3.88. The van der Waals surface area contributed by atoms with Gasteiger partial charge in [0.1, 0.15) is 0 Å². The predicted octanol–water partition coefficient (Wildman–Crippen LogP) is -0.346. The molecule has 1 fully saturated rings. The lowest BCUT2D eigenvalue weighted by Gasteiger charge is -2.29. The molecule has 0 saturated carbocycles. The van der Waals surface area contributed by atoms with Crippen molar-refractivity contribution in [3.05, 3.63) is 0 Å². The summed E-state index contributed by atoms with van der Waals surface area (Å²) in [7, 11) is -3.28. The molecule has 1 atom stereocenters. The molecule has 0 aromatic heterocycles. The lowest BCUT2D eigenvalue weighted by molar-refractivity contribution is 0.312. The van der Waals surface area contributed by atoms with Crippen LogP contribution in [0.3, 0.4) is 0 Å². The van der Waals surface area contributed by atoms with E-state index in [9.17, 15) is 8.42 Å². The van der Waals surface area contributed by atoms with Gasteiger partial charge in [-0.1, -0.05) is 6.92 Å². The highest BCUT2D eigenvalue weighted by molar-refractivity contribution is 7.87. The second-order valence-corrected chi connectivity index (χ2v) is 5.41. The molecule has 0 bridgehead atoms. The number of piperidine rings is 1. The van der Waals surface area contributed by atoms with Crippen LogP contribution >= 0.6 is 0 Å². The van der Waals surface area contributed by atoms with Crippen LogP contribution in [-0.2, 0) is 10.2 Å². The van der Waals surface area contributed by atoms with E-state index in [1.807, 2.05) is 6.92 Å². The fraction of sp³-hybridized carbons (Fsp3) is 1.00. The van der Waals surface area contributed by atoms with E-state index in [-0.39, 0.29) is 6.04 Å². The van der Waals surface area contributed by atoms with Crippen molar-refractivity contribution in [3.8, 4) is 0 Å². The molecule has 0 unspecified atom stereocenters. The van der Waals surface area contributed by atoms with Crippen LogP contribution in [0.25, 0.3) is 0 Å². The van der Waals surface area contributed by atoms with Crippen molar-refractivity contribution in [1.29, 1.82) is 0 Å². The van der Waals surface area contributed by atoms with Crippen molar-refractivity contribution in [1.82, 2.24) is 9.03 Å². The Labute approximate surface area is 85.8 Å². The summed E-state index contributed by atoms with van der Waals surface area (Å²) in [5.41, 5.74) is 5.72. The topological polar surface area (TPSA) is 75.4 Å². The molecule has 84 valence electrons.